The third kappa shape index (κ3) is 3.92. The lowest BCUT2D eigenvalue weighted by molar-refractivity contribution is 0.563. The van der Waals surface area contributed by atoms with Gasteiger partial charge in [0, 0.05) is 6.54 Å². The van der Waals surface area contributed by atoms with Crippen LogP contribution in [0.1, 0.15) is 24.7 Å². The van der Waals surface area contributed by atoms with Gasteiger partial charge in [-0.15, -0.1) is 15.3 Å². The Morgan fingerprint density at radius 3 is 2.70 bits per heavy atom. The first-order valence-corrected chi connectivity index (χ1v) is 9.72. The van der Waals surface area contributed by atoms with Gasteiger partial charge in [0.25, 0.3) is 0 Å². The lowest BCUT2D eigenvalue weighted by atomic mass is 10.2. The normalized spacial score (nSPS) is 11.1. The van der Waals surface area contributed by atoms with Crippen molar-refractivity contribution in [1.82, 2.24) is 35.0 Å². The molecule has 0 saturated carbocycles. The SMILES string of the molecule is CCCn1nnnc1CSc1nnc(-c2ccco2)n1Cc1ccccc1. The summed E-state index contributed by atoms with van der Waals surface area (Å²) in [4.78, 5) is 0. The van der Waals surface area contributed by atoms with Gasteiger partial charge in [-0.1, -0.05) is 49.0 Å². The van der Waals surface area contributed by atoms with Crippen molar-refractivity contribution in [1.29, 1.82) is 0 Å². The Balaban J connectivity index is 1.61. The van der Waals surface area contributed by atoms with Crippen LogP contribution in [0.15, 0.2) is 58.3 Å². The van der Waals surface area contributed by atoms with E-state index < -0.39 is 0 Å². The summed E-state index contributed by atoms with van der Waals surface area (Å²) in [6.07, 6.45) is 2.62. The molecule has 0 aliphatic rings. The van der Waals surface area contributed by atoms with Crippen LogP contribution in [-0.4, -0.2) is 35.0 Å². The summed E-state index contributed by atoms with van der Waals surface area (Å²) in [5.41, 5.74) is 1.17. The molecule has 0 saturated heterocycles. The van der Waals surface area contributed by atoms with Crippen LogP contribution in [-0.2, 0) is 18.8 Å². The van der Waals surface area contributed by atoms with Crippen molar-refractivity contribution >= 4 is 11.8 Å². The predicted molar refractivity (Wildman–Crippen MR) is 101 cm³/mol. The van der Waals surface area contributed by atoms with Crippen molar-refractivity contribution < 1.29 is 4.42 Å². The van der Waals surface area contributed by atoms with E-state index in [1.807, 2.05) is 35.0 Å². The molecule has 4 rings (SSSR count). The van der Waals surface area contributed by atoms with Crippen molar-refractivity contribution in [2.75, 3.05) is 0 Å². The van der Waals surface area contributed by atoms with Gasteiger partial charge in [0.05, 0.1) is 18.6 Å². The van der Waals surface area contributed by atoms with Gasteiger partial charge in [-0.3, -0.25) is 4.57 Å². The first kappa shape index (κ1) is 17.5. The number of tetrazole rings is 1. The number of nitrogens with zero attached hydrogens (tertiary/aromatic N) is 7. The summed E-state index contributed by atoms with van der Waals surface area (Å²) >= 11 is 1.57. The molecular weight excluding hydrogens is 362 g/mol. The molecular formula is C18H19N7OS. The summed E-state index contributed by atoms with van der Waals surface area (Å²) in [5.74, 6) is 2.86. The van der Waals surface area contributed by atoms with Crippen LogP contribution in [0.25, 0.3) is 11.6 Å². The predicted octanol–water partition coefficient (Wildman–Crippen LogP) is 3.28. The van der Waals surface area contributed by atoms with E-state index in [-0.39, 0.29) is 0 Å². The fourth-order valence-corrected chi connectivity index (χ4v) is 3.60. The highest BCUT2D eigenvalue weighted by molar-refractivity contribution is 7.98. The molecule has 0 radical (unpaired) electrons. The van der Waals surface area contributed by atoms with Crippen molar-refractivity contribution in [2.24, 2.45) is 0 Å². The van der Waals surface area contributed by atoms with Crippen LogP contribution in [0.2, 0.25) is 0 Å². The minimum absolute atomic E-state index is 0.623. The standard InChI is InChI=1S/C18H19N7OS/c1-2-10-25-16(19-22-23-25)13-27-18-21-20-17(15-9-6-11-26-15)24(18)12-14-7-4-3-5-8-14/h3-9,11H,2,10,12-13H2,1H3. The average Bonchev–Trinajstić information content (AvgIpc) is 3.43. The first-order valence-electron chi connectivity index (χ1n) is 8.74. The van der Waals surface area contributed by atoms with Crippen molar-refractivity contribution in [3.8, 4) is 11.6 Å². The molecule has 3 heterocycles. The summed E-state index contributed by atoms with van der Waals surface area (Å²) in [6.45, 7) is 3.56. The van der Waals surface area contributed by atoms with Crippen LogP contribution in [0.3, 0.4) is 0 Å². The summed E-state index contributed by atoms with van der Waals surface area (Å²) < 4.78 is 9.44. The Kier molecular flexibility index (Phi) is 5.29. The fraction of sp³-hybridized carbons (Fsp3) is 0.278. The highest BCUT2D eigenvalue weighted by atomic mass is 32.2. The highest BCUT2D eigenvalue weighted by Crippen LogP contribution is 2.27. The van der Waals surface area contributed by atoms with E-state index >= 15 is 0 Å². The summed E-state index contributed by atoms with van der Waals surface area (Å²) in [7, 11) is 0. The van der Waals surface area contributed by atoms with Gasteiger partial charge in [0.1, 0.15) is 0 Å². The van der Waals surface area contributed by atoms with E-state index in [0.29, 0.717) is 23.9 Å². The number of rotatable bonds is 8. The van der Waals surface area contributed by atoms with Gasteiger partial charge >= 0.3 is 0 Å². The molecule has 0 fully saturated rings. The molecule has 138 valence electrons. The smallest absolute Gasteiger partial charge is 0.200 e. The van der Waals surface area contributed by atoms with Gasteiger partial charge in [-0.05, 0) is 34.5 Å². The minimum Gasteiger partial charge on any atom is -0.461 e. The van der Waals surface area contributed by atoms with E-state index in [0.717, 1.165) is 23.9 Å². The molecule has 9 heteroatoms. The topological polar surface area (TPSA) is 87.4 Å². The molecule has 0 N–H and O–H groups in total. The number of thioether (sulfide) groups is 1. The first-order chi connectivity index (χ1) is 13.3. The van der Waals surface area contributed by atoms with Crippen molar-refractivity contribution in [2.45, 2.75) is 37.3 Å². The molecule has 1 aromatic carbocycles. The minimum atomic E-state index is 0.623. The van der Waals surface area contributed by atoms with Crippen LogP contribution in [0.5, 0.6) is 0 Å². The quantitative estimate of drug-likeness (QED) is 0.433. The molecule has 0 atom stereocenters. The van der Waals surface area contributed by atoms with Crippen LogP contribution in [0.4, 0.5) is 0 Å². The van der Waals surface area contributed by atoms with Gasteiger partial charge in [-0.2, -0.15) is 0 Å². The Morgan fingerprint density at radius 1 is 1.04 bits per heavy atom. The third-order valence-corrected chi connectivity index (χ3v) is 4.98. The van der Waals surface area contributed by atoms with Gasteiger partial charge in [0.2, 0.25) is 5.82 Å². The highest BCUT2D eigenvalue weighted by Gasteiger charge is 2.18. The zero-order valence-electron chi connectivity index (χ0n) is 14.9. The van der Waals surface area contributed by atoms with Gasteiger partial charge in [-0.25, -0.2) is 4.68 Å². The van der Waals surface area contributed by atoms with Gasteiger partial charge in [0.15, 0.2) is 16.7 Å². The summed E-state index contributed by atoms with van der Waals surface area (Å²) in [5, 5.41) is 21.5. The maximum atomic E-state index is 5.54. The number of hydrogen-bond acceptors (Lipinski definition) is 7. The van der Waals surface area contributed by atoms with E-state index in [1.165, 1.54) is 5.56 Å². The second kappa shape index (κ2) is 8.17. The van der Waals surface area contributed by atoms with Crippen molar-refractivity contribution in [3.05, 3.63) is 60.1 Å². The molecule has 3 aromatic heterocycles. The molecule has 8 nitrogen and oxygen atoms in total. The Hall–Kier alpha value is -2.94. The Bertz CT molecular complexity index is 979. The molecule has 27 heavy (non-hydrogen) atoms. The second-order valence-corrected chi connectivity index (χ2v) is 6.90. The number of hydrogen-bond donors (Lipinski definition) is 0. The lowest BCUT2D eigenvalue weighted by Gasteiger charge is -2.09. The zero-order valence-corrected chi connectivity index (χ0v) is 15.7. The van der Waals surface area contributed by atoms with Crippen LogP contribution >= 0.6 is 11.8 Å². The van der Waals surface area contributed by atoms with Crippen molar-refractivity contribution in [3.63, 3.8) is 0 Å². The molecule has 0 amide bonds. The molecule has 0 unspecified atom stereocenters. The number of aryl methyl sites for hydroxylation is 1. The maximum absolute atomic E-state index is 5.54. The van der Waals surface area contributed by atoms with E-state index in [2.05, 4.69) is 49.3 Å². The number of furan rings is 1. The van der Waals surface area contributed by atoms with E-state index in [4.69, 9.17) is 4.42 Å². The molecule has 0 aliphatic heterocycles. The molecule has 0 bridgehead atoms. The molecule has 4 aromatic rings. The van der Waals surface area contributed by atoms with Crippen LogP contribution < -0.4 is 0 Å². The van der Waals surface area contributed by atoms with Crippen LogP contribution in [0, 0.1) is 0 Å². The number of benzene rings is 1. The van der Waals surface area contributed by atoms with E-state index in [1.54, 1.807) is 18.0 Å². The second-order valence-electron chi connectivity index (χ2n) is 5.96. The van der Waals surface area contributed by atoms with Gasteiger partial charge < -0.3 is 4.42 Å². The maximum Gasteiger partial charge on any atom is 0.200 e. The monoisotopic (exact) mass is 381 g/mol. The Morgan fingerprint density at radius 2 is 1.93 bits per heavy atom. The fourth-order valence-electron chi connectivity index (χ4n) is 2.73. The third-order valence-electron chi connectivity index (χ3n) is 4.01. The average molecular weight is 381 g/mol. The molecule has 0 spiro atoms. The number of aromatic nitrogens is 7. The zero-order chi connectivity index (χ0) is 18.5. The van der Waals surface area contributed by atoms with E-state index in [9.17, 15) is 0 Å². The largest absolute Gasteiger partial charge is 0.461 e. The Labute approximate surface area is 160 Å². The molecule has 0 aliphatic carbocycles. The summed E-state index contributed by atoms with van der Waals surface area (Å²) in [6, 6.07) is 14.0. The lowest BCUT2D eigenvalue weighted by Crippen LogP contribution is -2.06.